The van der Waals surface area contributed by atoms with Gasteiger partial charge in [-0.15, -0.1) is 0 Å². The van der Waals surface area contributed by atoms with Crippen LogP contribution in [0.1, 0.15) is 46.0 Å². The predicted molar refractivity (Wildman–Crippen MR) is 56.5 cm³/mol. The number of carbonyl (C=O) groups excluding carboxylic acids is 1. The van der Waals surface area contributed by atoms with Gasteiger partial charge in [0.05, 0.1) is 18.9 Å². The first-order valence-corrected chi connectivity index (χ1v) is 5.18. The summed E-state index contributed by atoms with van der Waals surface area (Å²) in [7, 11) is 0. The van der Waals surface area contributed by atoms with Crippen LogP contribution in [0, 0.1) is 11.3 Å². The number of unbranched alkanes of at least 4 members (excludes halogenated alkanes) is 1. The summed E-state index contributed by atoms with van der Waals surface area (Å²) in [5, 5.41) is 16.8. The highest BCUT2D eigenvalue weighted by atomic mass is 16.6. The maximum Gasteiger partial charge on any atom is 0.306 e. The average Bonchev–Trinajstić information content (AvgIpc) is 2.14. The zero-order chi connectivity index (χ0) is 12.6. The molecule has 5 nitrogen and oxygen atoms in total. The summed E-state index contributed by atoms with van der Waals surface area (Å²) < 4.78 is 5.12. The van der Waals surface area contributed by atoms with Crippen molar-refractivity contribution in [1.82, 2.24) is 0 Å². The number of hydrogen-bond donors (Lipinski definition) is 1. The van der Waals surface area contributed by atoms with Gasteiger partial charge in [0, 0.05) is 6.42 Å². The van der Waals surface area contributed by atoms with Gasteiger partial charge in [0.2, 0.25) is 0 Å². The molecule has 0 fully saturated rings. The summed E-state index contributed by atoms with van der Waals surface area (Å²) in [4.78, 5) is 21.5. The second kappa shape index (κ2) is 6.83. The van der Waals surface area contributed by atoms with E-state index in [0.29, 0.717) is 19.3 Å². The lowest BCUT2D eigenvalue weighted by atomic mass is 10.0. The van der Waals surface area contributed by atoms with Crippen molar-refractivity contribution in [2.45, 2.75) is 51.6 Å². The minimum atomic E-state index is -1.01. The third kappa shape index (κ3) is 7.80. The van der Waals surface area contributed by atoms with Gasteiger partial charge in [0.25, 0.3) is 0 Å². The van der Waals surface area contributed by atoms with Crippen molar-refractivity contribution in [3.8, 4) is 6.07 Å². The molecule has 0 amide bonds. The number of nitrogens with zero attached hydrogens (tertiary/aromatic N) is 1. The highest BCUT2D eigenvalue weighted by Crippen LogP contribution is 2.18. The Balaban J connectivity index is 3.91. The molecule has 90 valence electrons. The molecular weight excluding hydrogens is 210 g/mol. The lowest BCUT2D eigenvalue weighted by molar-refractivity contribution is -0.159. The first-order chi connectivity index (χ1) is 7.37. The normalized spacial score (nSPS) is 10.6. The molecule has 0 aliphatic rings. The number of ether oxygens (including phenoxy) is 1. The van der Waals surface area contributed by atoms with Gasteiger partial charge in [-0.2, -0.15) is 5.26 Å². The van der Waals surface area contributed by atoms with E-state index in [9.17, 15) is 9.59 Å². The molecule has 0 unspecified atom stereocenters. The number of nitriles is 1. The van der Waals surface area contributed by atoms with Crippen LogP contribution < -0.4 is 0 Å². The Morgan fingerprint density at radius 1 is 1.38 bits per heavy atom. The smallest absolute Gasteiger partial charge is 0.306 e. The molecular formula is C11H17NO4. The Kier molecular flexibility index (Phi) is 6.16. The van der Waals surface area contributed by atoms with Crippen LogP contribution >= 0.6 is 0 Å². The number of esters is 1. The number of carboxylic acid groups (broad SMARTS) is 1. The molecule has 0 atom stereocenters. The molecule has 0 spiro atoms. The maximum atomic E-state index is 11.2. The minimum absolute atomic E-state index is 0.114. The molecule has 0 saturated carbocycles. The quantitative estimate of drug-likeness (QED) is 0.530. The van der Waals surface area contributed by atoms with E-state index in [-0.39, 0.29) is 12.8 Å². The summed E-state index contributed by atoms with van der Waals surface area (Å²) in [5.74, 6) is -1.52. The number of carboxylic acids is 1. The fraction of sp³-hybridized carbons (Fsp3) is 0.727. The summed E-state index contributed by atoms with van der Waals surface area (Å²) in [6, 6.07) is 2.02. The van der Waals surface area contributed by atoms with Crippen molar-refractivity contribution >= 4 is 11.9 Å². The third-order valence-electron chi connectivity index (χ3n) is 2.00. The van der Waals surface area contributed by atoms with Crippen LogP contribution in [0.4, 0.5) is 0 Å². The SMILES string of the molecule is CC(C)(CCCC#N)OC(=O)CCC(=O)O. The first kappa shape index (κ1) is 14.4. The van der Waals surface area contributed by atoms with Gasteiger partial charge >= 0.3 is 11.9 Å². The van der Waals surface area contributed by atoms with Crippen LogP contribution in [0.15, 0.2) is 0 Å². The molecule has 0 rings (SSSR count). The number of carbonyl (C=O) groups is 2. The van der Waals surface area contributed by atoms with E-state index < -0.39 is 17.5 Å². The van der Waals surface area contributed by atoms with Gasteiger partial charge < -0.3 is 9.84 Å². The second-order valence-corrected chi connectivity index (χ2v) is 4.14. The van der Waals surface area contributed by atoms with E-state index in [4.69, 9.17) is 15.1 Å². The standard InChI is InChI=1S/C11H17NO4/c1-11(2,7-3-4-8-12)16-10(15)6-5-9(13)14/h3-7H2,1-2H3,(H,13,14). The first-order valence-electron chi connectivity index (χ1n) is 5.18. The molecule has 5 heteroatoms. The highest BCUT2D eigenvalue weighted by molar-refractivity contribution is 5.76. The van der Waals surface area contributed by atoms with Crippen LogP contribution in [0.25, 0.3) is 0 Å². The topological polar surface area (TPSA) is 87.4 Å². The van der Waals surface area contributed by atoms with E-state index in [0.717, 1.165) is 0 Å². The highest BCUT2D eigenvalue weighted by Gasteiger charge is 2.22. The van der Waals surface area contributed by atoms with Gasteiger partial charge in [0.15, 0.2) is 0 Å². The van der Waals surface area contributed by atoms with Gasteiger partial charge in [0.1, 0.15) is 5.60 Å². The zero-order valence-electron chi connectivity index (χ0n) is 9.65. The summed E-state index contributed by atoms with van der Waals surface area (Å²) in [6.07, 6.45) is 1.36. The Bertz CT molecular complexity index is 291. The lowest BCUT2D eigenvalue weighted by Crippen LogP contribution is -2.28. The second-order valence-electron chi connectivity index (χ2n) is 4.14. The van der Waals surface area contributed by atoms with Gasteiger partial charge in [-0.05, 0) is 26.7 Å². The van der Waals surface area contributed by atoms with Gasteiger partial charge in [-0.1, -0.05) is 0 Å². The number of aliphatic carboxylic acids is 1. The average molecular weight is 227 g/mol. The monoisotopic (exact) mass is 227 g/mol. The van der Waals surface area contributed by atoms with Crippen molar-refractivity contribution < 1.29 is 19.4 Å². The Labute approximate surface area is 95.0 Å². The molecule has 0 bridgehead atoms. The fourth-order valence-corrected chi connectivity index (χ4v) is 1.21. The number of hydrogen-bond acceptors (Lipinski definition) is 4. The summed E-state index contributed by atoms with van der Waals surface area (Å²) in [5.41, 5.74) is -0.633. The van der Waals surface area contributed by atoms with E-state index in [2.05, 4.69) is 0 Å². The fourth-order valence-electron chi connectivity index (χ4n) is 1.21. The molecule has 0 radical (unpaired) electrons. The molecule has 0 heterocycles. The van der Waals surface area contributed by atoms with Crippen molar-refractivity contribution in [1.29, 1.82) is 5.26 Å². The largest absolute Gasteiger partial charge is 0.481 e. The van der Waals surface area contributed by atoms with Crippen LogP contribution in [0.5, 0.6) is 0 Å². The molecule has 0 aliphatic heterocycles. The molecule has 0 aromatic carbocycles. The van der Waals surface area contributed by atoms with Crippen molar-refractivity contribution in [3.05, 3.63) is 0 Å². The molecule has 0 aromatic heterocycles. The Hall–Kier alpha value is -1.57. The van der Waals surface area contributed by atoms with Crippen LogP contribution in [0.3, 0.4) is 0 Å². The minimum Gasteiger partial charge on any atom is -0.481 e. The molecule has 16 heavy (non-hydrogen) atoms. The van der Waals surface area contributed by atoms with E-state index >= 15 is 0 Å². The van der Waals surface area contributed by atoms with Gasteiger partial charge in [-0.3, -0.25) is 9.59 Å². The van der Waals surface area contributed by atoms with E-state index in [1.807, 2.05) is 6.07 Å². The maximum absolute atomic E-state index is 11.2. The molecule has 0 aromatic rings. The molecule has 0 aliphatic carbocycles. The summed E-state index contributed by atoms with van der Waals surface area (Å²) >= 11 is 0. The lowest BCUT2D eigenvalue weighted by Gasteiger charge is -2.24. The zero-order valence-corrected chi connectivity index (χ0v) is 9.65. The van der Waals surface area contributed by atoms with Crippen molar-refractivity contribution in [2.75, 3.05) is 0 Å². The Morgan fingerprint density at radius 2 is 2.00 bits per heavy atom. The number of rotatable bonds is 7. The molecule has 1 N–H and O–H groups in total. The van der Waals surface area contributed by atoms with Crippen LogP contribution in [0.2, 0.25) is 0 Å². The van der Waals surface area contributed by atoms with Gasteiger partial charge in [-0.25, -0.2) is 0 Å². The van der Waals surface area contributed by atoms with E-state index in [1.54, 1.807) is 13.8 Å². The van der Waals surface area contributed by atoms with E-state index in [1.165, 1.54) is 0 Å². The van der Waals surface area contributed by atoms with Crippen LogP contribution in [-0.2, 0) is 14.3 Å². The Morgan fingerprint density at radius 3 is 2.50 bits per heavy atom. The van der Waals surface area contributed by atoms with Crippen molar-refractivity contribution in [3.63, 3.8) is 0 Å². The summed E-state index contributed by atoms with van der Waals surface area (Å²) in [6.45, 7) is 3.51. The third-order valence-corrected chi connectivity index (χ3v) is 2.00. The van der Waals surface area contributed by atoms with Crippen LogP contribution in [-0.4, -0.2) is 22.6 Å². The predicted octanol–water partition coefficient (Wildman–Crippen LogP) is 1.87. The molecule has 0 saturated heterocycles. The van der Waals surface area contributed by atoms with Crippen molar-refractivity contribution in [2.24, 2.45) is 0 Å².